The lowest BCUT2D eigenvalue weighted by molar-refractivity contribution is -0.385. The lowest BCUT2D eigenvalue weighted by Crippen LogP contribution is -2.08. The molecule has 0 atom stereocenters. The molecule has 0 radical (unpaired) electrons. The lowest BCUT2D eigenvalue weighted by Gasteiger charge is -2.04. The molecule has 9 heteroatoms. The highest BCUT2D eigenvalue weighted by molar-refractivity contribution is 7.86. The summed E-state index contributed by atoms with van der Waals surface area (Å²) in [5.74, 6) is -0.208. The Morgan fingerprint density at radius 1 is 1.27 bits per heavy atom. The molecule has 0 saturated carbocycles. The van der Waals surface area contributed by atoms with E-state index in [0.29, 0.717) is 5.57 Å². The maximum absolute atomic E-state index is 11.9. The zero-order valence-electron chi connectivity index (χ0n) is 11.3. The van der Waals surface area contributed by atoms with Crippen LogP contribution in [0.1, 0.15) is 6.92 Å². The fourth-order valence-electron chi connectivity index (χ4n) is 1.58. The van der Waals surface area contributed by atoms with Crippen LogP contribution in [0.5, 0.6) is 0 Å². The number of ketones is 1. The average molecular weight is 322 g/mol. The Kier molecular flexibility index (Phi) is 4.18. The zero-order chi connectivity index (χ0) is 16.3. The Bertz CT molecular complexity index is 836. The van der Waals surface area contributed by atoms with Gasteiger partial charge in [-0.05, 0) is 36.8 Å². The number of rotatable bonds is 4. The van der Waals surface area contributed by atoms with E-state index in [0.717, 1.165) is 18.2 Å². The van der Waals surface area contributed by atoms with Crippen molar-refractivity contribution < 1.29 is 22.4 Å². The highest BCUT2D eigenvalue weighted by Gasteiger charge is 2.19. The number of hydrogen-bond donors (Lipinski definition) is 0. The maximum Gasteiger partial charge on any atom is 0.358 e. The SMILES string of the molecule is CC1=CC(=NOS(=O)(=O)c2cccc([N+](=O)[O-])c2)C=CC1=O. The Hall–Kier alpha value is -2.81. The highest BCUT2D eigenvalue weighted by Crippen LogP contribution is 2.19. The number of allylic oxidation sites excluding steroid dienone is 4. The third kappa shape index (κ3) is 3.44. The summed E-state index contributed by atoms with van der Waals surface area (Å²) >= 11 is 0. The number of benzene rings is 1. The summed E-state index contributed by atoms with van der Waals surface area (Å²) in [6.07, 6.45) is 3.90. The van der Waals surface area contributed by atoms with Gasteiger partial charge in [-0.15, -0.1) is 0 Å². The van der Waals surface area contributed by atoms with E-state index in [-0.39, 0.29) is 22.1 Å². The number of non-ortho nitro benzene ring substituents is 1. The molecule has 0 heterocycles. The van der Waals surface area contributed by atoms with Crippen LogP contribution in [0.15, 0.2) is 58.1 Å². The van der Waals surface area contributed by atoms with Crippen molar-refractivity contribution in [3.05, 3.63) is 58.2 Å². The summed E-state index contributed by atoms with van der Waals surface area (Å²) in [7, 11) is -4.29. The molecule has 0 fully saturated rings. The van der Waals surface area contributed by atoms with Crippen molar-refractivity contribution in [3.63, 3.8) is 0 Å². The van der Waals surface area contributed by atoms with E-state index in [1.165, 1.54) is 24.3 Å². The number of carbonyl (C=O) groups excluding carboxylic acids is 1. The van der Waals surface area contributed by atoms with E-state index in [9.17, 15) is 23.3 Å². The number of oxime groups is 1. The number of nitrogens with zero attached hydrogens (tertiary/aromatic N) is 2. The van der Waals surface area contributed by atoms with Crippen LogP contribution in [-0.2, 0) is 19.2 Å². The zero-order valence-corrected chi connectivity index (χ0v) is 12.1. The van der Waals surface area contributed by atoms with E-state index in [1.54, 1.807) is 6.92 Å². The van der Waals surface area contributed by atoms with Crippen LogP contribution in [-0.4, -0.2) is 24.8 Å². The van der Waals surface area contributed by atoms with Gasteiger partial charge >= 0.3 is 10.1 Å². The summed E-state index contributed by atoms with van der Waals surface area (Å²) in [6.45, 7) is 1.55. The van der Waals surface area contributed by atoms with Crippen molar-refractivity contribution in [2.24, 2.45) is 5.16 Å². The summed E-state index contributed by atoms with van der Waals surface area (Å²) in [5.41, 5.74) is 0.153. The fraction of sp³-hybridized carbons (Fsp3) is 0.0769. The molecule has 2 rings (SSSR count). The first-order chi connectivity index (χ1) is 10.3. The first kappa shape index (κ1) is 15.6. The van der Waals surface area contributed by atoms with Crippen molar-refractivity contribution in [1.29, 1.82) is 0 Å². The molecule has 1 aromatic rings. The minimum Gasteiger partial charge on any atom is -0.290 e. The molecule has 1 aliphatic carbocycles. The van der Waals surface area contributed by atoms with Gasteiger partial charge in [0, 0.05) is 12.1 Å². The van der Waals surface area contributed by atoms with Crippen LogP contribution >= 0.6 is 0 Å². The molecule has 0 aromatic heterocycles. The molecule has 1 aliphatic rings. The molecule has 0 amide bonds. The van der Waals surface area contributed by atoms with Crippen molar-refractivity contribution in [1.82, 2.24) is 0 Å². The second kappa shape index (κ2) is 5.90. The minimum atomic E-state index is -4.29. The van der Waals surface area contributed by atoms with E-state index in [2.05, 4.69) is 9.44 Å². The smallest absolute Gasteiger partial charge is 0.290 e. The van der Waals surface area contributed by atoms with Gasteiger partial charge in [0.1, 0.15) is 10.6 Å². The maximum atomic E-state index is 11.9. The van der Waals surface area contributed by atoms with Crippen LogP contribution in [0.25, 0.3) is 0 Å². The standard InChI is InChI=1S/C13H10N2O6S/c1-9-7-10(5-6-13(9)16)14-21-22(19,20)12-4-2-3-11(8-12)15(17)18/h2-8H,1H3. The topological polar surface area (TPSA) is 116 Å². The molecular weight excluding hydrogens is 312 g/mol. The third-order valence-electron chi connectivity index (χ3n) is 2.72. The van der Waals surface area contributed by atoms with Crippen LogP contribution in [0.3, 0.4) is 0 Å². The summed E-state index contributed by atoms with van der Waals surface area (Å²) in [5, 5.41) is 14.1. The van der Waals surface area contributed by atoms with E-state index < -0.39 is 15.0 Å². The van der Waals surface area contributed by atoms with E-state index in [4.69, 9.17) is 0 Å². The summed E-state index contributed by atoms with van der Waals surface area (Å²) in [4.78, 5) is 20.8. The second-order valence-corrected chi connectivity index (χ2v) is 5.85. The molecule has 114 valence electrons. The van der Waals surface area contributed by atoms with Crippen LogP contribution < -0.4 is 0 Å². The highest BCUT2D eigenvalue weighted by atomic mass is 32.2. The molecule has 0 saturated heterocycles. The van der Waals surface area contributed by atoms with Gasteiger partial charge < -0.3 is 0 Å². The Morgan fingerprint density at radius 3 is 2.64 bits per heavy atom. The normalized spacial score (nSPS) is 16.5. The largest absolute Gasteiger partial charge is 0.358 e. The Morgan fingerprint density at radius 2 is 2.00 bits per heavy atom. The van der Waals surface area contributed by atoms with Gasteiger partial charge in [-0.2, -0.15) is 8.42 Å². The monoisotopic (exact) mass is 322 g/mol. The van der Waals surface area contributed by atoms with Crippen LogP contribution in [0.2, 0.25) is 0 Å². The van der Waals surface area contributed by atoms with E-state index in [1.807, 2.05) is 0 Å². The van der Waals surface area contributed by atoms with Gasteiger partial charge in [0.25, 0.3) is 5.69 Å². The summed E-state index contributed by atoms with van der Waals surface area (Å²) < 4.78 is 28.4. The molecule has 22 heavy (non-hydrogen) atoms. The molecule has 1 aromatic carbocycles. The lowest BCUT2D eigenvalue weighted by atomic mass is 10.1. The van der Waals surface area contributed by atoms with Gasteiger partial charge in [-0.3, -0.25) is 19.2 Å². The van der Waals surface area contributed by atoms with Gasteiger partial charge in [-0.1, -0.05) is 11.2 Å². The fourth-order valence-corrected chi connectivity index (χ4v) is 2.36. The number of nitro benzene ring substituents is 1. The van der Waals surface area contributed by atoms with Gasteiger partial charge in [-0.25, -0.2) is 0 Å². The minimum absolute atomic E-state index is 0.145. The van der Waals surface area contributed by atoms with E-state index >= 15 is 0 Å². The molecule has 8 nitrogen and oxygen atoms in total. The van der Waals surface area contributed by atoms with Gasteiger partial charge in [0.05, 0.1) is 4.92 Å². The Labute approximate surface area is 125 Å². The summed E-state index contributed by atoms with van der Waals surface area (Å²) in [6, 6.07) is 4.41. The number of hydrogen-bond acceptors (Lipinski definition) is 7. The average Bonchev–Trinajstić information content (AvgIpc) is 2.48. The van der Waals surface area contributed by atoms with Crippen molar-refractivity contribution in [2.45, 2.75) is 11.8 Å². The van der Waals surface area contributed by atoms with Crippen molar-refractivity contribution in [2.75, 3.05) is 0 Å². The molecular formula is C13H10N2O6S. The van der Waals surface area contributed by atoms with Crippen molar-refractivity contribution >= 4 is 27.3 Å². The van der Waals surface area contributed by atoms with Crippen LogP contribution in [0.4, 0.5) is 5.69 Å². The number of carbonyl (C=O) groups is 1. The van der Waals surface area contributed by atoms with Gasteiger partial charge in [0.15, 0.2) is 5.78 Å². The molecule has 0 aliphatic heterocycles. The predicted molar refractivity (Wildman–Crippen MR) is 76.7 cm³/mol. The van der Waals surface area contributed by atoms with Gasteiger partial charge in [0.2, 0.25) is 0 Å². The Balaban J connectivity index is 2.26. The molecule has 0 N–H and O–H groups in total. The second-order valence-electron chi connectivity index (χ2n) is 4.32. The first-order valence-electron chi connectivity index (χ1n) is 5.96. The molecule has 0 unspecified atom stereocenters. The third-order valence-corrected chi connectivity index (χ3v) is 3.82. The molecule has 0 bridgehead atoms. The van der Waals surface area contributed by atoms with Crippen molar-refractivity contribution in [3.8, 4) is 0 Å². The first-order valence-corrected chi connectivity index (χ1v) is 7.37. The number of nitro groups is 1. The van der Waals surface area contributed by atoms with Crippen LogP contribution in [0, 0.1) is 10.1 Å². The predicted octanol–water partition coefficient (Wildman–Crippen LogP) is 1.74. The molecule has 0 spiro atoms. The quantitative estimate of drug-likeness (QED) is 0.473.